The van der Waals surface area contributed by atoms with E-state index in [0.29, 0.717) is 16.6 Å². The number of likely N-dealkylation sites (N-methyl/N-ethyl adjacent to an activating group) is 1. The highest BCUT2D eigenvalue weighted by Gasteiger charge is 2.22. The minimum Gasteiger partial charge on any atom is -0.380 e. The molecule has 0 aromatic heterocycles. The predicted octanol–water partition coefficient (Wildman–Crippen LogP) is 3.35. The highest BCUT2D eigenvalue weighted by Crippen LogP contribution is 2.30. The third-order valence-corrected chi connectivity index (χ3v) is 4.29. The zero-order valence-electron chi connectivity index (χ0n) is 11.8. The molecular weight excluding hydrogens is 295 g/mol. The zero-order valence-corrected chi connectivity index (χ0v) is 13.3. The van der Waals surface area contributed by atoms with Gasteiger partial charge in [0.15, 0.2) is 0 Å². The molecule has 3 nitrogen and oxygen atoms in total. The van der Waals surface area contributed by atoms with Crippen molar-refractivity contribution in [2.24, 2.45) is 11.7 Å². The number of hydrogen-bond donors (Lipinski definition) is 1. The van der Waals surface area contributed by atoms with E-state index in [9.17, 15) is 0 Å². The van der Waals surface area contributed by atoms with E-state index < -0.39 is 0 Å². The fourth-order valence-electron chi connectivity index (χ4n) is 2.21. The lowest BCUT2D eigenvalue weighted by atomic mass is 10.1. The fourth-order valence-corrected chi connectivity index (χ4v) is 2.64. The Balaban J connectivity index is 1.89. The molecule has 2 N–H and O–H groups in total. The summed E-state index contributed by atoms with van der Waals surface area (Å²) in [6.45, 7) is 2.94. The van der Waals surface area contributed by atoms with Crippen LogP contribution in [0.5, 0.6) is 0 Å². The predicted molar refractivity (Wildman–Crippen MR) is 84.4 cm³/mol. The molecule has 1 fully saturated rings. The molecule has 0 radical (unpaired) electrons. The Labute approximate surface area is 131 Å². The van der Waals surface area contributed by atoms with Gasteiger partial charge in [-0.05, 0) is 49.6 Å². The topological polar surface area (TPSA) is 38.5 Å². The second kappa shape index (κ2) is 7.62. The molecule has 1 aromatic rings. The lowest BCUT2D eigenvalue weighted by Gasteiger charge is -2.28. The van der Waals surface area contributed by atoms with Crippen molar-refractivity contribution in [3.63, 3.8) is 0 Å². The van der Waals surface area contributed by atoms with Crippen molar-refractivity contribution in [1.82, 2.24) is 4.90 Å². The molecule has 1 saturated carbocycles. The second-order valence-corrected chi connectivity index (χ2v) is 6.26. The van der Waals surface area contributed by atoms with Crippen LogP contribution in [0.2, 0.25) is 10.0 Å². The molecule has 2 rings (SSSR count). The summed E-state index contributed by atoms with van der Waals surface area (Å²) >= 11 is 12.3. The molecule has 5 heteroatoms. The van der Waals surface area contributed by atoms with Crippen molar-refractivity contribution >= 4 is 23.2 Å². The Morgan fingerprint density at radius 3 is 2.80 bits per heavy atom. The Morgan fingerprint density at radius 2 is 2.15 bits per heavy atom. The lowest BCUT2D eigenvalue weighted by molar-refractivity contribution is 0.0923. The average molecular weight is 317 g/mol. The van der Waals surface area contributed by atoms with Crippen molar-refractivity contribution in [3.05, 3.63) is 33.8 Å². The van der Waals surface area contributed by atoms with Crippen LogP contribution in [0.15, 0.2) is 18.2 Å². The summed E-state index contributed by atoms with van der Waals surface area (Å²) in [5, 5.41) is 1.39. The van der Waals surface area contributed by atoms with Crippen LogP contribution in [0.25, 0.3) is 0 Å². The molecule has 1 aliphatic rings. The SMILES string of the molecule is CN(CCOCC1CC1)C(CN)c1cc(Cl)ccc1Cl. The lowest BCUT2D eigenvalue weighted by Crippen LogP contribution is -2.33. The van der Waals surface area contributed by atoms with Gasteiger partial charge in [-0.25, -0.2) is 0 Å². The standard InChI is InChI=1S/C15H22Cl2N2O/c1-19(6-7-20-10-11-2-3-11)15(9-18)13-8-12(16)4-5-14(13)17/h4-5,8,11,15H,2-3,6-7,9-10,18H2,1H3. The third-order valence-electron chi connectivity index (χ3n) is 3.71. The van der Waals surface area contributed by atoms with E-state index in [1.165, 1.54) is 12.8 Å². The summed E-state index contributed by atoms with van der Waals surface area (Å²) in [6, 6.07) is 5.56. The van der Waals surface area contributed by atoms with Crippen molar-refractivity contribution in [3.8, 4) is 0 Å². The first-order chi connectivity index (χ1) is 9.61. The number of hydrogen-bond acceptors (Lipinski definition) is 3. The van der Waals surface area contributed by atoms with E-state index in [2.05, 4.69) is 4.90 Å². The van der Waals surface area contributed by atoms with Gasteiger partial charge in [0.05, 0.1) is 6.61 Å². The van der Waals surface area contributed by atoms with Crippen LogP contribution in [0.4, 0.5) is 0 Å². The van der Waals surface area contributed by atoms with Crippen LogP contribution in [0.1, 0.15) is 24.4 Å². The number of nitrogens with two attached hydrogens (primary N) is 1. The molecule has 1 unspecified atom stereocenters. The van der Waals surface area contributed by atoms with Gasteiger partial charge in [-0.15, -0.1) is 0 Å². The Morgan fingerprint density at radius 1 is 1.40 bits per heavy atom. The smallest absolute Gasteiger partial charge is 0.0593 e. The number of nitrogens with zero attached hydrogens (tertiary/aromatic N) is 1. The van der Waals surface area contributed by atoms with E-state index in [-0.39, 0.29) is 6.04 Å². The van der Waals surface area contributed by atoms with E-state index >= 15 is 0 Å². The van der Waals surface area contributed by atoms with Gasteiger partial charge < -0.3 is 10.5 Å². The van der Waals surface area contributed by atoms with Gasteiger partial charge in [-0.1, -0.05) is 23.2 Å². The van der Waals surface area contributed by atoms with Crippen molar-refractivity contribution in [2.75, 3.05) is 33.4 Å². The van der Waals surface area contributed by atoms with Gasteiger partial charge >= 0.3 is 0 Å². The van der Waals surface area contributed by atoms with Crippen LogP contribution in [0.3, 0.4) is 0 Å². The first-order valence-corrected chi connectivity index (χ1v) is 7.80. The Hall–Kier alpha value is -0.320. The number of halogens is 2. The monoisotopic (exact) mass is 316 g/mol. The molecule has 0 bridgehead atoms. The summed E-state index contributed by atoms with van der Waals surface area (Å²) in [5.74, 6) is 0.799. The highest BCUT2D eigenvalue weighted by molar-refractivity contribution is 6.33. The van der Waals surface area contributed by atoms with Gasteiger partial charge in [0.25, 0.3) is 0 Å². The van der Waals surface area contributed by atoms with Gasteiger partial charge in [-0.2, -0.15) is 0 Å². The summed E-state index contributed by atoms with van der Waals surface area (Å²) in [4.78, 5) is 2.17. The molecule has 0 saturated heterocycles. The Kier molecular flexibility index (Phi) is 6.12. The molecule has 0 aliphatic heterocycles. The number of benzene rings is 1. The summed E-state index contributed by atoms with van der Waals surface area (Å²) in [5.41, 5.74) is 6.88. The molecule has 1 aliphatic carbocycles. The molecule has 20 heavy (non-hydrogen) atoms. The summed E-state index contributed by atoms with van der Waals surface area (Å²) < 4.78 is 5.67. The molecule has 0 amide bonds. The maximum absolute atomic E-state index is 6.25. The van der Waals surface area contributed by atoms with Gasteiger partial charge in [-0.3, -0.25) is 4.90 Å². The first-order valence-electron chi connectivity index (χ1n) is 7.04. The van der Waals surface area contributed by atoms with E-state index in [0.717, 1.165) is 31.2 Å². The van der Waals surface area contributed by atoms with Crippen LogP contribution in [-0.4, -0.2) is 38.3 Å². The molecule has 1 aromatic carbocycles. The van der Waals surface area contributed by atoms with Crippen molar-refractivity contribution in [1.29, 1.82) is 0 Å². The van der Waals surface area contributed by atoms with Crippen molar-refractivity contribution in [2.45, 2.75) is 18.9 Å². The third kappa shape index (κ3) is 4.61. The van der Waals surface area contributed by atoms with Gasteiger partial charge in [0.2, 0.25) is 0 Å². The van der Waals surface area contributed by atoms with Gasteiger partial charge in [0, 0.05) is 35.8 Å². The fraction of sp³-hybridized carbons (Fsp3) is 0.600. The van der Waals surface area contributed by atoms with Crippen LogP contribution >= 0.6 is 23.2 Å². The second-order valence-electron chi connectivity index (χ2n) is 5.42. The summed E-state index contributed by atoms with van der Waals surface area (Å²) in [6.07, 6.45) is 2.64. The normalized spacial score (nSPS) is 16.6. The molecular formula is C15H22Cl2N2O. The molecule has 112 valence electrons. The van der Waals surface area contributed by atoms with Crippen LogP contribution in [0, 0.1) is 5.92 Å². The van der Waals surface area contributed by atoms with E-state index in [1.807, 2.05) is 19.2 Å². The minimum atomic E-state index is 0.0609. The molecule has 0 heterocycles. The first kappa shape index (κ1) is 16.1. The highest BCUT2D eigenvalue weighted by atomic mass is 35.5. The quantitative estimate of drug-likeness (QED) is 0.747. The largest absolute Gasteiger partial charge is 0.380 e. The number of rotatable bonds is 8. The van der Waals surface area contributed by atoms with E-state index in [1.54, 1.807) is 6.07 Å². The minimum absolute atomic E-state index is 0.0609. The molecule has 1 atom stereocenters. The summed E-state index contributed by atoms with van der Waals surface area (Å²) in [7, 11) is 2.04. The van der Waals surface area contributed by atoms with Crippen LogP contribution in [-0.2, 0) is 4.74 Å². The Bertz CT molecular complexity index is 438. The van der Waals surface area contributed by atoms with Gasteiger partial charge in [0.1, 0.15) is 0 Å². The molecule has 0 spiro atoms. The maximum Gasteiger partial charge on any atom is 0.0593 e. The average Bonchev–Trinajstić information content (AvgIpc) is 3.24. The number of ether oxygens (including phenoxy) is 1. The van der Waals surface area contributed by atoms with Crippen LogP contribution < -0.4 is 5.73 Å². The zero-order chi connectivity index (χ0) is 14.5. The van der Waals surface area contributed by atoms with Crippen molar-refractivity contribution < 1.29 is 4.74 Å². The van der Waals surface area contributed by atoms with E-state index in [4.69, 9.17) is 33.7 Å². The maximum atomic E-state index is 6.25.